The molecule has 1 aliphatic heterocycles. The predicted molar refractivity (Wildman–Crippen MR) is 82.9 cm³/mol. The molecule has 3 rings (SSSR count). The van der Waals surface area contributed by atoms with Gasteiger partial charge < -0.3 is 15.7 Å². The fraction of sp³-hybridized carbons (Fsp3) is 0.353. The summed E-state index contributed by atoms with van der Waals surface area (Å²) in [5.74, 6) is 0.0342. The first-order chi connectivity index (χ1) is 10.2. The summed E-state index contributed by atoms with van der Waals surface area (Å²) in [5, 5.41) is 18.6. The topological polar surface area (TPSA) is 61.4 Å². The van der Waals surface area contributed by atoms with E-state index in [2.05, 4.69) is 16.7 Å². The third-order valence-electron chi connectivity index (χ3n) is 4.00. The van der Waals surface area contributed by atoms with Gasteiger partial charge in [-0.15, -0.1) is 0 Å². The molecule has 0 saturated carbocycles. The molecular formula is C17H20N2O2. The second kappa shape index (κ2) is 6.24. The number of hydrogen-bond donors (Lipinski definition) is 3. The minimum absolute atomic E-state index is 0.0342. The lowest BCUT2D eigenvalue weighted by Gasteiger charge is -2.24. The van der Waals surface area contributed by atoms with Crippen LogP contribution in [0.25, 0.3) is 10.8 Å². The van der Waals surface area contributed by atoms with Crippen molar-refractivity contribution in [1.29, 1.82) is 0 Å². The van der Waals surface area contributed by atoms with Crippen LogP contribution in [0.15, 0.2) is 42.5 Å². The Morgan fingerprint density at radius 2 is 2.05 bits per heavy atom. The van der Waals surface area contributed by atoms with E-state index < -0.39 is 6.10 Å². The van der Waals surface area contributed by atoms with Crippen molar-refractivity contribution in [2.75, 3.05) is 13.1 Å². The molecule has 0 radical (unpaired) electrons. The monoisotopic (exact) mass is 284 g/mol. The molecule has 1 saturated heterocycles. The number of aliphatic hydroxyl groups excluding tert-OH is 1. The SMILES string of the molecule is O=C1NCCCC1NCC(O)c1ccc2ccccc2c1. The summed E-state index contributed by atoms with van der Waals surface area (Å²) in [5.41, 5.74) is 0.873. The third-order valence-corrected chi connectivity index (χ3v) is 4.00. The number of amides is 1. The number of carbonyl (C=O) groups excluding carboxylic acids is 1. The Kier molecular flexibility index (Phi) is 4.18. The largest absolute Gasteiger partial charge is 0.387 e. The van der Waals surface area contributed by atoms with Gasteiger partial charge in [-0.05, 0) is 35.2 Å². The van der Waals surface area contributed by atoms with Crippen LogP contribution < -0.4 is 10.6 Å². The summed E-state index contributed by atoms with van der Waals surface area (Å²) in [6.07, 6.45) is 1.20. The van der Waals surface area contributed by atoms with E-state index >= 15 is 0 Å². The quantitative estimate of drug-likeness (QED) is 0.801. The average Bonchev–Trinajstić information content (AvgIpc) is 2.53. The van der Waals surface area contributed by atoms with Crippen LogP contribution in [0.3, 0.4) is 0 Å². The number of rotatable bonds is 4. The fourth-order valence-electron chi connectivity index (χ4n) is 2.75. The zero-order valence-electron chi connectivity index (χ0n) is 11.9. The molecule has 2 aromatic rings. The Morgan fingerprint density at radius 3 is 2.86 bits per heavy atom. The molecule has 1 fully saturated rings. The maximum Gasteiger partial charge on any atom is 0.237 e. The van der Waals surface area contributed by atoms with Crippen molar-refractivity contribution in [3.63, 3.8) is 0 Å². The lowest BCUT2D eigenvalue weighted by atomic mass is 10.0. The van der Waals surface area contributed by atoms with Gasteiger partial charge in [-0.1, -0.05) is 36.4 Å². The number of aliphatic hydroxyl groups is 1. The Hall–Kier alpha value is -1.91. The van der Waals surface area contributed by atoms with Crippen LogP contribution in [0.4, 0.5) is 0 Å². The molecule has 1 heterocycles. The third kappa shape index (κ3) is 3.23. The molecule has 21 heavy (non-hydrogen) atoms. The van der Waals surface area contributed by atoms with Crippen LogP contribution in [0.2, 0.25) is 0 Å². The van der Waals surface area contributed by atoms with E-state index in [-0.39, 0.29) is 11.9 Å². The van der Waals surface area contributed by atoms with Crippen LogP contribution >= 0.6 is 0 Å². The van der Waals surface area contributed by atoms with Gasteiger partial charge in [0.1, 0.15) is 0 Å². The molecule has 4 heteroatoms. The van der Waals surface area contributed by atoms with Gasteiger partial charge in [0.05, 0.1) is 12.1 Å². The summed E-state index contributed by atoms with van der Waals surface area (Å²) in [7, 11) is 0. The lowest BCUT2D eigenvalue weighted by molar-refractivity contribution is -0.124. The summed E-state index contributed by atoms with van der Waals surface area (Å²) in [6, 6.07) is 13.8. The van der Waals surface area contributed by atoms with E-state index in [1.54, 1.807) is 0 Å². The van der Waals surface area contributed by atoms with Gasteiger partial charge in [-0.3, -0.25) is 4.79 Å². The van der Waals surface area contributed by atoms with Gasteiger partial charge in [0.25, 0.3) is 0 Å². The van der Waals surface area contributed by atoms with Crippen molar-refractivity contribution in [2.24, 2.45) is 0 Å². The second-order valence-corrected chi connectivity index (χ2v) is 5.52. The van der Waals surface area contributed by atoms with Gasteiger partial charge in [0.2, 0.25) is 5.91 Å². The maximum atomic E-state index is 11.7. The highest BCUT2D eigenvalue weighted by Gasteiger charge is 2.22. The van der Waals surface area contributed by atoms with Crippen molar-refractivity contribution in [1.82, 2.24) is 10.6 Å². The summed E-state index contributed by atoms with van der Waals surface area (Å²) < 4.78 is 0. The first kappa shape index (κ1) is 14.0. The normalized spacial score (nSPS) is 20.2. The summed E-state index contributed by atoms with van der Waals surface area (Å²) in [6.45, 7) is 1.14. The Balaban J connectivity index is 1.66. The van der Waals surface area contributed by atoms with Crippen molar-refractivity contribution in [3.8, 4) is 0 Å². The molecule has 3 N–H and O–H groups in total. The molecule has 110 valence electrons. The van der Waals surface area contributed by atoms with E-state index in [4.69, 9.17) is 0 Å². The predicted octanol–water partition coefficient (Wildman–Crippen LogP) is 1.74. The van der Waals surface area contributed by atoms with E-state index in [1.165, 1.54) is 0 Å². The van der Waals surface area contributed by atoms with Crippen LogP contribution in [-0.2, 0) is 4.79 Å². The van der Waals surface area contributed by atoms with E-state index in [1.807, 2.05) is 36.4 Å². The molecule has 0 bridgehead atoms. The summed E-state index contributed by atoms with van der Waals surface area (Å²) >= 11 is 0. The van der Waals surface area contributed by atoms with Gasteiger partial charge in [-0.2, -0.15) is 0 Å². The Labute approximate surface area is 124 Å². The van der Waals surface area contributed by atoms with E-state index in [0.717, 1.165) is 35.7 Å². The lowest BCUT2D eigenvalue weighted by Crippen LogP contribution is -2.49. The minimum Gasteiger partial charge on any atom is -0.387 e. The second-order valence-electron chi connectivity index (χ2n) is 5.52. The van der Waals surface area contributed by atoms with Gasteiger partial charge in [0, 0.05) is 13.1 Å². The molecule has 0 aliphatic carbocycles. The zero-order valence-corrected chi connectivity index (χ0v) is 11.9. The minimum atomic E-state index is -0.607. The molecule has 0 aromatic heterocycles. The fourth-order valence-corrected chi connectivity index (χ4v) is 2.75. The molecule has 1 aliphatic rings. The number of benzene rings is 2. The Morgan fingerprint density at radius 1 is 1.24 bits per heavy atom. The Bertz CT molecular complexity index is 641. The highest BCUT2D eigenvalue weighted by atomic mass is 16.3. The summed E-state index contributed by atoms with van der Waals surface area (Å²) in [4.78, 5) is 11.7. The zero-order chi connectivity index (χ0) is 14.7. The molecule has 0 spiro atoms. The van der Waals surface area contributed by atoms with Crippen molar-refractivity contribution in [3.05, 3.63) is 48.0 Å². The first-order valence-electron chi connectivity index (χ1n) is 7.42. The maximum absolute atomic E-state index is 11.7. The van der Waals surface area contributed by atoms with E-state index in [9.17, 15) is 9.90 Å². The van der Waals surface area contributed by atoms with Gasteiger partial charge in [-0.25, -0.2) is 0 Å². The van der Waals surface area contributed by atoms with Crippen LogP contribution in [0.5, 0.6) is 0 Å². The number of hydrogen-bond acceptors (Lipinski definition) is 3. The molecular weight excluding hydrogens is 264 g/mol. The van der Waals surface area contributed by atoms with Crippen molar-refractivity contribution >= 4 is 16.7 Å². The van der Waals surface area contributed by atoms with Crippen LogP contribution in [0.1, 0.15) is 24.5 Å². The van der Waals surface area contributed by atoms with E-state index in [0.29, 0.717) is 6.54 Å². The standard InChI is InChI=1S/C17H20N2O2/c20-16(11-19-15-6-3-9-18-17(15)21)14-8-7-12-4-1-2-5-13(12)10-14/h1-2,4-5,7-8,10,15-16,19-20H,3,6,9,11H2,(H,18,21). The number of piperidine rings is 1. The van der Waals surface area contributed by atoms with Crippen LogP contribution in [0, 0.1) is 0 Å². The average molecular weight is 284 g/mol. The van der Waals surface area contributed by atoms with Gasteiger partial charge in [0.15, 0.2) is 0 Å². The van der Waals surface area contributed by atoms with Crippen LogP contribution in [-0.4, -0.2) is 30.1 Å². The highest BCUT2D eigenvalue weighted by Crippen LogP contribution is 2.20. The molecule has 1 amide bonds. The number of nitrogens with one attached hydrogen (secondary N) is 2. The smallest absolute Gasteiger partial charge is 0.237 e. The first-order valence-corrected chi connectivity index (χ1v) is 7.42. The molecule has 2 unspecified atom stereocenters. The number of fused-ring (bicyclic) bond motifs is 1. The highest BCUT2D eigenvalue weighted by molar-refractivity contribution is 5.83. The molecule has 2 atom stereocenters. The van der Waals surface area contributed by atoms with Gasteiger partial charge >= 0.3 is 0 Å². The van der Waals surface area contributed by atoms with Crippen molar-refractivity contribution in [2.45, 2.75) is 25.0 Å². The molecule has 2 aromatic carbocycles. The number of carbonyl (C=O) groups is 1. The van der Waals surface area contributed by atoms with Crippen molar-refractivity contribution < 1.29 is 9.90 Å². The molecule has 4 nitrogen and oxygen atoms in total.